The Kier molecular flexibility index (Phi) is 6.91. The van der Waals surface area contributed by atoms with Gasteiger partial charge >= 0.3 is 0 Å². The fourth-order valence-electron chi connectivity index (χ4n) is 2.58. The van der Waals surface area contributed by atoms with Crippen LogP contribution in [0.25, 0.3) is 6.08 Å². The molecule has 0 radical (unpaired) electrons. The summed E-state index contributed by atoms with van der Waals surface area (Å²) in [6.07, 6.45) is 2.93. The molecule has 0 atom stereocenters. The number of amides is 1. The fraction of sp³-hybridized carbons (Fsp3) is 0.368. The molecule has 1 N–H and O–H groups in total. The van der Waals surface area contributed by atoms with Crippen molar-refractivity contribution in [3.63, 3.8) is 0 Å². The van der Waals surface area contributed by atoms with Crippen molar-refractivity contribution in [2.75, 3.05) is 20.8 Å². The molecule has 1 aromatic heterocycles. The molecule has 6 nitrogen and oxygen atoms in total. The maximum atomic E-state index is 13.6. The average Bonchev–Trinajstić information content (AvgIpc) is 2.89. The van der Waals surface area contributed by atoms with Crippen molar-refractivity contribution < 1.29 is 18.7 Å². The van der Waals surface area contributed by atoms with Gasteiger partial charge in [-0.25, -0.2) is 4.39 Å². The molecule has 1 aromatic carbocycles. The molecule has 1 amide bonds. The van der Waals surface area contributed by atoms with E-state index >= 15 is 0 Å². The maximum absolute atomic E-state index is 13.6. The molecule has 0 unspecified atom stereocenters. The van der Waals surface area contributed by atoms with Crippen LogP contribution in [0.15, 0.2) is 24.3 Å². The van der Waals surface area contributed by atoms with Gasteiger partial charge in [-0.2, -0.15) is 5.10 Å². The van der Waals surface area contributed by atoms with Gasteiger partial charge in [-0.3, -0.25) is 9.48 Å². The van der Waals surface area contributed by atoms with E-state index in [1.165, 1.54) is 25.3 Å². The van der Waals surface area contributed by atoms with Gasteiger partial charge in [0.25, 0.3) is 0 Å². The highest BCUT2D eigenvalue weighted by atomic mass is 19.1. The summed E-state index contributed by atoms with van der Waals surface area (Å²) in [7, 11) is 3.05. The average molecular weight is 361 g/mol. The lowest BCUT2D eigenvalue weighted by Crippen LogP contribution is -2.21. The van der Waals surface area contributed by atoms with Gasteiger partial charge in [0.2, 0.25) is 5.91 Å². The lowest BCUT2D eigenvalue weighted by molar-refractivity contribution is -0.116. The molecule has 0 spiro atoms. The van der Waals surface area contributed by atoms with E-state index in [-0.39, 0.29) is 11.7 Å². The molecule has 0 aliphatic carbocycles. The van der Waals surface area contributed by atoms with Crippen LogP contribution in [-0.2, 0) is 22.6 Å². The smallest absolute Gasteiger partial charge is 0.244 e. The van der Waals surface area contributed by atoms with Crippen molar-refractivity contribution >= 4 is 12.0 Å². The Hall–Kier alpha value is -2.67. The highest BCUT2D eigenvalue weighted by molar-refractivity contribution is 5.91. The topological polar surface area (TPSA) is 65.4 Å². The van der Waals surface area contributed by atoms with E-state index in [2.05, 4.69) is 10.4 Å². The Balaban J connectivity index is 1.96. The SMILES string of the molecule is COCCn1nc(C)c(CNC(=O)C=Cc2ccc(OC)c(F)c2)c1C. The number of methoxy groups -OCH3 is 2. The van der Waals surface area contributed by atoms with Crippen LogP contribution in [0.2, 0.25) is 0 Å². The second-order valence-corrected chi connectivity index (χ2v) is 5.81. The van der Waals surface area contributed by atoms with Crippen LogP contribution < -0.4 is 10.1 Å². The van der Waals surface area contributed by atoms with Crippen LogP contribution in [0.3, 0.4) is 0 Å². The van der Waals surface area contributed by atoms with Gasteiger partial charge in [0, 0.05) is 31.0 Å². The largest absolute Gasteiger partial charge is 0.494 e. The first-order valence-corrected chi connectivity index (χ1v) is 8.27. The summed E-state index contributed by atoms with van der Waals surface area (Å²) in [5, 5.41) is 7.29. The monoisotopic (exact) mass is 361 g/mol. The number of carbonyl (C=O) groups excluding carboxylic acids is 1. The molecule has 0 saturated heterocycles. The minimum absolute atomic E-state index is 0.169. The Morgan fingerprint density at radius 3 is 2.77 bits per heavy atom. The molecular weight excluding hydrogens is 337 g/mol. The Morgan fingerprint density at radius 1 is 1.35 bits per heavy atom. The predicted molar refractivity (Wildman–Crippen MR) is 97.4 cm³/mol. The third-order valence-electron chi connectivity index (χ3n) is 4.08. The van der Waals surface area contributed by atoms with E-state index in [4.69, 9.17) is 9.47 Å². The number of benzene rings is 1. The van der Waals surface area contributed by atoms with Gasteiger partial charge < -0.3 is 14.8 Å². The van der Waals surface area contributed by atoms with Gasteiger partial charge in [-0.1, -0.05) is 6.07 Å². The third kappa shape index (κ3) is 4.92. The summed E-state index contributed by atoms with van der Waals surface area (Å²) in [6.45, 7) is 5.50. The van der Waals surface area contributed by atoms with Crippen LogP contribution in [0, 0.1) is 19.7 Å². The first-order valence-electron chi connectivity index (χ1n) is 8.27. The summed E-state index contributed by atoms with van der Waals surface area (Å²) >= 11 is 0. The molecule has 7 heteroatoms. The number of aromatic nitrogens is 2. The number of aryl methyl sites for hydroxylation is 1. The van der Waals surface area contributed by atoms with Crippen molar-refractivity contribution in [2.24, 2.45) is 0 Å². The first kappa shape index (κ1) is 19.7. The maximum Gasteiger partial charge on any atom is 0.244 e. The zero-order chi connectivity index (χ0) is 19.1. The number of nitrogens with zero attached hydrogens (tertiary/aromatic N) is 2. The lowest BCUT2D eigenvalue weighted by Gasteiger charge is -2.05. The van der Waals surface area contributed by atoms with Gasteiger partial charge in [-0.05, 0) is 37.6 Å². The second kappa shape index (κ2) is 9.15. The van der Waals surface area contributed by atoms with E-state index in [0.29, 0.717) is 25.3 Å². The Bertz CT molecular complexity index is 800. The van der Waals surface area contributed by atoms with Crippen molar-refractivity contribution in [3.8, 4) is 5.75 Å². The highest BCUT2D eigenvalue weighted by Crippen LogP contribution is 2.18. The van der Waals surface area contributed by atoms with Gasteiger partial charge in [0.15, 0.2) is 11.6 Å². The van der Waals surface area contributed by atoms with Crippen LogP contribution >= 0.6 is 0 Å². The zero-order valence-electron chi connectivity index (χ0n) is 15.5. The van der Waals surface area contributed by atoms with Crippen LogP contribution in [0.5, 0.6) is 5.75 Å². The quantitative estimate of drug-likeness (QED) is 0.734. The number of carbonyl (C=O) groups is 1. The summed E-state index contributed by atoms with van der Waals surface area (Å²) in [6, 6.07) is 4.52. The van der Waals surface area contributed by atoms with Crippen molar-refractivity contribution in [2.45, 2.75) is 26.9 Å². The second-order valence-electron chi connectivity index (χ2n) is 5.81. The van der Waals surface area contributed by atoms with Crippen LogP contribution in [0.1, 0.15) is 22.5 Å². The zero-order valence-corrected chi connectivity index (χ0v) is 15.5. The first-order chi connectivity index (χ1) is 12.5. The molecule has 0 aliphatic heterocycles. The van der Waals surface area contributed by atoms with Crippen LogP contribution in [-0.4, -0.2) is 36.5 Å². The Labute approximate surface area is 152 Å². The molecule has 140 valence electrons. The molecule has 0 bridgehead atoms. The van der Waals surface area contributed by atoms with Crippen molar-refractivity contribution in [1.82, 2.24) is 15.1 Å². The van der Waals surface area contributed by atoms with Crippen LogP contribution in [0.4, 0.5) is 4.39 Å². The molecule has 26 heavy (non-hydrogen) atoms. The minimum atomic E-state index is -0.468. The fourth-order valence-corrected chi connectivity index (χ4v) is 2.58. The van der Waals surface area contributed by atoms with E-state index in [0.717, 1.165) is 17.0 Å². The standard InChI is InChI=1S/C19H24FN3O3/c1-13-16(14(2)23(22-13)9-10-25-3)12-21-19(24)8-6-15-5-7-18(26-4)17(20)11-15/h5-8,11H,9-10,12H2,1-4H3,(H,21,24). The summed E-state index contributed by atoms with van der Waals surface area (Å²) in [5.41, 5.74) is 3.44. The predicted octanol–water partition coefficient (Wildman–Crippen LogP) is 2.62. The summed E-state index contributed by atoms with van der Waals surface area (Å²) < 4.78 is 25.5. The summed E-state index contributed by atoms with van der Waals surface area (Å²) in [5.74, 6) is -0.558. The Morgan fingerprint density at radius 2 is 2.12 bits per heavy atom. The number of ether oxygens (including phenoxy) is 2. The number of hydrogen-bond donors (Lipinski definition) is 1. The molecule has 0 saturated carbocycles. The number of rotatable bonds is 8. The molecule has 2 aromatic rings. The number of hydrogen-bond acceptors (Lipinski definition) is 4. The normalized spacial score (nSPS) is 11.1. The molecule has 0 aliphatic rings. The van der Waals surface area contributed by atoms with Gasteiger partial charge in [0.05, 0.1) is 26.0 Å². The highest BCUT2D eigenvalue weighted by Gasteiger charge is 2.11. The molecule has 0 fully saturated rings. The third-order valence-corrected chi connectivity index (χ3v) is 4.08. The lowest BCUT2D eigenvalue weighted by atomic mass is 10.2. The van der Waals surface area contributed by atoms with E-state index in [9.17, 15) is 9.18 Å². The van der Waals surface area contributed by atoms with E-state index in [1.54, 1.807) is 19.3 Å². The molecule has 2 rings (SSSR count). The van der Waals surface area contributed by atoms with Crippen molar-refractivity contribution in [3.05, 3.63) is 52.6 Å². The van der Waals surface area contributed by atoms with Gasteiger partial charge in [0.1, 0.15) is 0 Å². The number of halogens is 1. The van der Waals surface area contributed by atoms with E-state index in [1.807, 2.05) is 18.5 Å². The summed E-state index contributed by atoms with van der Waals surface area (Å²) in [4.78, 5) is 12.0. The number of nitrogens with one attached hydrogen (secondary N) is 1. The van der Waals surface area contributed by atoms with Crippen molar-refractivity contribution in [1.29, 1.82) is 0 Å². The molecular formula is C19H24FN3O3. The molecule has 1 heterocycles. The van der Waals surface area contributed by atoms with E-state index < -0.39 is 5.82 Å². The van der Waals surface area contributed by atoms with Gasteiger partial charge in [-0.15, -0.1) is 0 Å². The minimum Gasteiger partial charge on any atom is -0.494 e.